The summed E-state index contributed by atoms with van der Waals surface area (Å²) in [5.41, 5.74) is 4.46. The lowest BCUT2D eigenvalue weighted by molar-refractivity contribution is 0.0581. The Morgan fingerprint density at radius 3 is 2.75 bits per heavy atom. The Morgan fingerprint density at radius 1 is 1.69 bits per heavy atom. The third-order valence-corrected chi connectivity index (χ3v) is 2.21. The molecule has 0 aliphatic rings. The van der Waals surface area contributed by atoms with E-state index in [1.165, 1.54) is 0 Å². The van der Waals surface area contributed by atoms with E-state index in [0.29, 0.717) is 0 Å². The average Bonchev–Trinajstić information content (AvgIpc) is 2.27. The Bertz CT molecular complexity index is 413. The van der Waals surface area contributed by atoms with Crippen LogP contribution in [-0.2, 0) is 11.3 Å². The topological polar surface area (TPSA) is 65.2 Å². The van der Waals surface area contributed by atoms with Crippen LogP contribution in [0, 0.1) is 0 Å². The summed E-state index contributed by atoms with van der Waals surface area (Å²) in [6, 6.07) is 0.980. The molecule has 1 aromatic heterocycles. The molecule has 0 saturated heterocycles. The molecule has 0 amide bonds. The number of carbonyl (C=O) groups excluding carboxylic acids is 1. The number of aromatic nitrogens is 1. The highest BCUT2D eigenvalue weighted by molar-refractivity contribution is 6.31. The van der Waals surface area contributed by atoms with Gasteiger partial charge in [-0.05, 0) is 6.07 Å². The van der Waals surface area contributed by atoms with Gasteiger partial charge in [0.1, 0.15) is 0 Å². The Balaban J connectivity index is 3.36. The zero-order chi connectivity index (χ0) is 12.3. The van der Waals surface area contributed by atoms with Crippen molar-refractivity contribution in [2.75, 3.05) is 7.11 Å². The third kappa shape index (κ3) is 2.45. The zero-order valence-corrected chi connectivity index (χ0v) is 9.09. The van der Waals surface area contributed by atoms with Crippen LogP contribution < -0.4 is 5.73 Å². The van der Waals surface area contributed by atoms with E-state index in [9.17, 15) is 13.6 Å². The first-order valence-electron chi connectivity index (χ1n) is 4.27. The minimum atomic E-state index is -2.86. The number of methoxy groups -OCH3 is 1. The monoisotopic (exact) mass is 250 g/mol. The summed E-state index contributed by atoms with van der Waals surface area (Å²) in [6.45, 7) is -0.0493. The van der Waals surface area contributed by atoms with Gasteiger partial charge < -0.3 is 10.5 Å². The second-order valence-electron chi connectivity index (χ2n) is 2.85. The minimum Gasteiger partial charge on any atom is -0.464 e. The van der Waals surface area contributed by atoms with Gasteiger partial charge in [0.25, 0.3) is 6.43 Å². The van der Waals surface area contributed by atoms with E-state index in [2.05, 4.69) is 9.72 Å². The Kier molecular flexibility index (Phi) is 4.14. The molecule has 0 atom stereocenters. The Labute approximate surface area is 95.4 Å². The molecule has 0 aliphatic carbocycles. The van der Waals surface area contributed by atoms with Crippen LogP contribution in [0.4, 0.5) is 8.78 Å². The lowest BCUT2D eigenvalue weighted by atomic mass is 10.1. The molecular formula is C9H9ClF2N2O2. The molecule has 88 valence electrons. The Morgan fingerprint density at radius 2 is 2.31 bits per heavy atom. The highest BCUT2D eigenvalue weighted by Crippen LogP contribution is 2.27. The maximum atomic E-state index is 12.6. The second-order valence-corrected chi connectivity index (χ2v) is 3.26. The molecule has 0 aromatic carbocycles. The van der Waals surface area contributed by atoms with Gasteiger partial charge in [0.05, 0.1) is 23.4 Å². The first-order chi connectivity index (χ1) is 7.51. The number of rotatable bonds is 3. The fourth-order valence-corrected chi connectivity index (χ4v) is 1.35. The number of nitrogens with zero attached hydrogens (tertiary/aromatic N) is 1. The number of ether oxygens (including phenoxy) is 1. The van der Waals surface area contributed by atoms with Gasteiger partial charge in [-0.3, -0.25) is 0 Å². The lowest BCUT2D eigenvalue weighted by Crippen LogP contribution is -2.13. The maximum Gasteiger partial charge on any atom is 0.357 e. The van der Waals surface area contributed by atoms with E-state index < -0.39 is 23.7 Å². The summed E-state index contributed by atoms with van der Waals surface area (Å²) in [5.74, 6) is -0.943. The zero-order valence-electron chi connectivity index (χ0n) is 8.34. The molecule has 7 heteroatoms. The van der Waals surface area contributed by atoms with Gasteiger partial charge in [-0.2, -0.15) is 0 Å². The minimum absolute atomic E-state index is 0.00505. The number of nitrogens with two attached hydrogens (primary N) is 1. The molecule has 4 nitrogen and oxygen atoms in total. The van der Waals surface area contributed by atoms with Gasteiger partial charge in [0.2, 0.25) is 0 Å². The van der Waals surface area contributed by atoms with Crippen molar-refractivity contribution in [3.8, 4) is 0 Å². The summed E-state index contributed by atoms with van der Waals surface area (Å²) >= 11 is 5.67. The van der Waals surface area contributed by atoms with Crippen molar-refractivity contribution < 1.29 is 18.3 Å². The molecule has 0 saturated carbocycles. The summed E-state index contributed by atoms with van der Waals surface area (Å²) in [6.07, 6.45) is -2.86. The molecule has 1 heterocycles. The largest absolute Gasteiger partial charge is 0.464 e. The number of hydrogen-bond acceptors (Lipinski definition) is 4. The van der Waals surface area contributed by atoms with E-state index in [1.807, 2.05) is 0 Å². The van der Waals surface area contributed by atoms with Crippen LogP contribution in [0.1, 0.15) is 28.2 Å². The highest BCUT2D eigenvalue weighted by Gasteiger charge is 2.22. The fraction of sp³-hybridized carbons (Fsp3) is 0.333. The molecule has 1 aromatic rings. The first-order valence-corrected chi connectivity index (χ1v) is 4.64. The SMILES string of the molecule is COC(=O)c1nc(CN)c(Cl)cc1C(F)F. The van der Waals surface area contributed by atoms with E-state index >= 15 is 0 Å². The summed E-state index contributed by atoms with van der Waals surface area (Å²) in [5, 5.41) is 0.00505. The smallest absolute Gasteiger partial charge is 0.357 e. The highest BCUT2D eigenvalue weighted by atomic mass is 35.5. The molecule has 1 rings (SSSR count). The molecule has 0 bridgehead atoms. The third-order valence-electron chi connectivity index (χ3n) is 1.89. The number of alkyl halides is 2. The van der Waals surface area contributed by atoms with Crippen LogP contribution in [0.25, 0.3) is 0 Å². The van der Waals surface area contributed by atoms with Crippen LogP contribution in [0.5, 0.6) is 0 Å². The molecule has 0 aliphatic heterocycles. The molecule has 16 heavy (non-hydrogen) atoms. The van der Waals surface area contributed by atoms with Gasteiger partial charge in [-0.15, -0.1) is 0 Å². The van der Waals surface area contributed by atoms with Gasteiger partial charge in [-0.1, -0.05) is 11.6 Å². The second kappa shape index (κ2) is 5.18. The normalized spacial score (nSPS) is 10.6. The van der Waals surface area contributed by atoms with Crippen LogP contribution in [-0.4, -0.2) is 18.1 Å². The molecule has 0 fully saturated rings. The van der Waals surface area contributed by atoms with Crippen molar-refractivity contribution >= 4 is 17.6 Å². The van der Waals surface area contributed by atoms with Crippen molar-refractivity contribution in [2.45, 2.75) is 13.0 Å². The lowest BCUT2D eigenvalue weighted by Gasteiger charge is -2.09. The number of hydrogen-bond donors (Lipinski definition) is 1. The van der Waals surface area contributed by atoms with E-state index in [-0.39, 0.29) is 17.3 Å². The van der Waals surface area contributed by atoms with Crippen molar-refractivity contribution in [1.29, 1.82) is 0 Å². The van der Waals surface area contributed by atoms with Crippen molar-refractivity contribution in [3.05, 3.63) is 28.0 Å². The van der Waals surface area contributed by atoms with E-state index in [4.69, 9.17) is 17.3 Å². The van der Waals surface area contributed by atoms with Crippen LogP contribution >= 0.6 is 11.6 Å². The predicted molar refractivity (Wildman–Crippen MR) is 53.4 cm³/mol. The summed E-state index contributed by atoms with van der Waals surface area (Å²) in [4.78, 5) is 14.9. The number of carbonyl (C=O) groups is 1. The number of esters is 1. The standard InChI is InChI=1S/C9H9ClF2N2O2/c1-16-9(15)7-4(8(11)12)2-5(10)6(3-13)14-7/h2,8H,3,13H2,1H3. The Hall–Kier alpha value is -1.27. The summed E-state index contributed by atoms with van der Waals surface area (Å²) < 4.78 is 29.6. The fourth-order valence-electron chi connectivity index (χ4n) is 1.11. The maximum absolute atomic E-state index is 12.6. The van der Waals surface area contributed by atoms with Crippen molar-refractivity contribution in [2.24, 2.45) is 5.73 Å². The average molecular weight is 251 g/mol. The molecule has 0 spiro atoms. The van der Waals surface area contributed by atoms with Crippen LogP contribution in [0.15, 0.2) is 6.07 Å². The quantitative estimate of drug-likeness (QED) is 0.833. The van der Waals surface area contributed by atoms with Gasteiger partial charge in [-0.25, -0.2) is 18.6 Å². The predicted octanol–water partition coefficient (Wildman–Crippen LogP) is 1.92. The molecule has 0 unspecified atom stereocenters. The van der Waals surface area contributed by atoms with Gasteiger partial charge in [0.15, 0.2) is 5.69 Å². The molecule has 2 N–H and O–H groups in total. The number of halogens is 3. The van der Waals surface area contributed by atoms with E-state index in [0.717, 1.165) is 13.2 Å². The van der Waals surface area contributed by atoms with Crippen LogP contribution in [0.2, 0.25) is 5.02 Å². The van der Waals surface area contributed by atoms with E-state index in [1.54, 1.807) is 0 Å². The van der Waals surface area contributed by atoms with Crippen LogP contribution in [0.3, 0.4) is 0 Å². The van der Waals surface area contributed by atoms with Gasteiger partial charge >= 0.3 is 5.97 Å². The molecular weight excluding hydrogens is 242 g/mol. The van der Waals surface area contributed by atoms with Gasteiger partial charge in [0, 0.05) is 6.54 Å². The molecule has 0 radical (unpaired) electrons. The first kappa shape index (κ1) is 12.8. The summed E-state index contributed by atoms with van der Waals surface area (Å²) in [7, 11) is 1.08. The van der Waals surface area contributed by atoms with Crippen molar-refractivity contribution in [3.63, 3.8) is 0 Å². The number of pyridine rings is 1. The van der Waals surface area contributed by atoms with Crippen molar-refractivity contribution in [1.82, 2.24) is 4.98 Å².